The van der Waals surface area contributed by atoms with Crippen LogP contribution in [0, 0.1) is 5.82 Å². The van der Waals surface area contributed by atoms with Gasteiger partial charge in [-0.2, -0.15) is 0 Å². The number of nitrogens with one attached hydrogen (secondary N) is 2. The zero-order valence-corrected chi connectivity index (χ0v) is 16.2. The van der Waals surface area contributed by atoms with Gasteiger partial charge in [0.05, 0.1) is 22.9 Å². The zero-order chi connectivity index (χ0) is 20.5. The van der Waals surface area contributed by atoms with E-state index in [1.54, 1.807) is 6.33 Å². The summed E-state index contributed by atoms with van der Waals surface area (Å²) in [5.74, 6) is -1.17. The number of nitrogens with zero attached hydrogens (tertiary/aromatic N) is 3. The van der Waals surface area contributed by atoms with Crippen molar-refractivity contribution in [2.75, 3.05) is 10.6 Å². The highest BCUT2D eigenvalue weighted by molar-refractivity contribution is 5.98. The third-order valence-corrected chi connectivity index (χ3v) is 5.37. The van der Waals surface area contributed by atoms with Crippen molar-refractivity contribution in [3.63, 3.8) is 0 Å². The molecule has 1 aromatic carbocycles. The molecule has 0 saturated heterocycles. The molecule has 1 fully saturated rings. The molecule has 2 atom stereocenters. The number of hydrogen-bond donors (Lipinski definition) is 4. The van der Waals surface area contributed by atoms with Crippen molar-refractivity contribution in [3.8, 4) is 0 Å². The van der Waals surface area contributed by atoms with Crippen molar-refractivity contribution >= 4 is 34.3 Å². The maximum absolute atomic E-state index is 14.6. The third-order valence-electron chi connectivity index (χ3n) is 5.37. The van der Waals surface area contributed by atoms with Crippen molar-refractivity contribution in [2.24, 2.45) is 18.5 Å². The van der Waals surface area contributed by atoms with Gasteiger partial charge in [0, 0.05) is 24.8 Å². The molecule has 6 N–H and O–H groups in total. The molecule has 0 aliphatic heterocycles. The van der Waals surface area contributed by atoms with Crippen LogP contribution in [0.1, 0.15) is 36.0 Å². The van der Waals surface area contributed by atoms with Crippen LogP contribution >= 0.6 is 0 Å². The lowest BCUT2D eigenvalue weighted by molar-refractivity contribution is 0.100. The van der Waals surface area contributed by atoms with Gasteiger partial charge in [-0.3, -0.25) is 4.79 Å². The van der Waals surface area contributed by atoms with E-state index in [0.717, 1.165) is 42.8 Å². The first-order valence-electron chi connectivity index (χ1n) is 9.63. The van der Waals surface area contributed by atoms with Crippen LogP contribution in [0.2, 0.25) is 0 Å². The highest BCUT2D eigenvalue weighted by atomic mass is 19.1. The van der Waals surface area contributed by atoms with Crippen LogP contribution in [0.3, 0.4) is 0 Å². The first kappa shape index (κ1) is 19.1. The Hall–Kier alpha value is -3.20. The van der Waals surface area contributed by atoms with E-state index in [2.05, 4.69) is 20.6 Å². The summed E-state index contributed by atoms with van der Waals surface area (Å²) in [5, 5.41) is 6.18. The summed E-state index contributed by atoms with van der Waals surface area (Å²) in [4.78, 5) is 20.5. The number of benzene rings is 1. The maximum Gasteiger partial charge on any atom is 0.252 e. The summed E-state index contributed by atoms with van der Waals surface area (Å²) in [7, 11) is 1.91. The lowest BCUT2D eigenvalue weighted by Gasteiger charge is -2.30. The Morgan fingerprint density at radius 1 is 1.24 bits per heavy atom. The molecule has 1 amide bonds. The number of pyridine rings is 1. The number of amides is 1. The molecule has 0 radical (unpaired) electrons. The molecule has 9 heteroatoms. The molecule has 3 aromatic rings. The minimum absolute atomic E-state index is 0.0258. The predicted molar refractivity (Wildman–Crippen MR) is 111 cm³/mol. The number of aryl methyl sites for hydroxylation is 1. The van der Waals surface area contributed by atoms with E-state index in [1.807, 2.05) is 29.8 Å². The molecule has 1 aliphatic carbocycles. The number of hydrogen-bond acceptors (Lipinski definition) is 6. The molecule has 29 heavy (non-hydrogen) atoms. The Morgan fingerprint density at radius 2 is 2.03 bits per heavy atom. The van der Waals surface area contributed by atoms with E-state index >= 15 is 0 Å². The van der Waals surface area contributed by atoms with E-state index < -0.39 is 11.7 Å². The van der Waals surface area contributed by atoms with Gasteiger partial charge in [-0.15, -0.1) is 0 Å². The number of rotatable bonds is 5. The molecule has 2 aromatic heterocycles. The minimum Gasteiger partial charge on any atom is -0.365 e. The number of carbonyl (C=O) groups excluding carboxylic acids is 1. The van der Waals surface area contributed by atoms with Gasteiger partial charge in [0.1, 0.15) is 5.82 Å². The van der Waals surface area contributed by atoms with Crippen LogP contribution in [0.15, 0.2) is 30.6 Å². The number of nitrogens with two attached hydrogens (primary N) is 2. The maximum atomic E-state index is 14.6. The third kappa shape index (κ3) is 3.86. The van der Waals surface area contributed by atoms with Crippen molar-refractivity contribution < 1.29 is 9.18 Å². The summed E-state index contributed by atoms with van der Waals surface area (Å²) in [6.45, 7) is 0. The molecular formula is C20H24FN7O. The fourth-order valence-corrected chi connectivity index (χ4v) is 3.74. The smallest absolute Gasteiger partial charge is 0.252 e. The van der Waals surface area contributed by atoms with Crippen LogP contribution < -0.4 is 22.1 Å². The summed E-state index contributed by atoms with van der Waals surface area (Å²) >= 11 is 0. The van der Waals surface area contributed by atoms with Gasteiger partial charge >= 0.3 is 0 Å². The Labute approximate surface area is 167 Å². The highest BCUT2D eigenvalue weighted by Crippen LogP contribution is 2.27. The fourth-order valence-electron chi connectivity index (χ4n) is 3.74. The second-order valence-corrected chi connectivity index (χ2v) is 7.46. The Balaban J connectivity index is 1.67. The average Bonchev–Trinajstić information content (AvgIpc) is 3.06. The van der Waals surface area contributed by atoms with Crippen molar-refractivity contribution in [2.45, 2.75) is 37.8 Å². The molecule has 0 bridgehead atoms. The summed E-state index contributed by atoms with van der Waals surface area (Å²) in [5.41, 5.74) is 14.0. The molecular weight excluding hydrogens is 373 g/mol. The van der Waals surface area contributed by atoms with Gasteiger partial charge in [0.25, 0.3) is 5.91 Å². The number of fused-ring (bicyclic) bond motifs is 1. The van der Waals surface area contributed by atoms with E-state index in [9.17, 15) is 9.18 Å². The lowest BCUT2D eigenvalue weighted by atomic mass is 9.91. The molecule has 1 saturated carbocycles. The SMILES string of the molecule is Cn1cnc2cc(Nc3nc(N[C@@H]4CCCC[C@@H]4N)c(F)cc3C(N)=O)ccc21. The van der Waals surface area contributed by atoms with Gasteiger partial charge in [0.15, 0.2) is 11.6 Å². The van der Waals surface area contributed by atoms with Crippen LogP contribution in [0.4, 0.5) is 21.7 Å². The summed E-state index contributed by atoms with van der Waals surface area (Å²) in [6.07, 6.45) is 5.54. The fraction of sp³-hybridized carbons (Fsp3) is 0.350. The Morgan fingerprint density at radius 3 is 2.79 bits per heavy atom. The van der Waals surface area contributed by atoms with Crippen molar-refractivity contribution in [3.05, 3.63) is 42.0 Å². The van der Waals surface area contributed by atoms with Gasteiger partial charge in [-0.1, -0.05) is 12.8 Å². The molecule has 4 rings (SSSR count). The lowest BCUT2D eigenvalue weighted by Crippen LogP contribution is -2.43. The average molecular weight is 397 g/mol. The number of primary amides is 1. The number of imidazole rings is 1. The topological polar surface area (TPSA) is 124 Å². The van der Waals surface area contributed by atoms with E-state index in [4.69, 9.17) is 11.5 Å². The van der Waals surface area contributed by atoms with Crippen molar-refractivity contribution in [1.29, 1.82) is 0 Å². The number of aromatic nitrogens is 3. The standard InChI is InChI=1S/C20H24FN7O/c1-28-10-24-16-8-11(6-7-17(16)28)25-19-12(18(23)29)9-13(21)20(27-19)26-15-5-3-2-4-14(15)22/h6-10,14-15H,2-5,22H2,1H3,(H2,23,29)(H2,25,26,27)/t14-,15+/m0/s1. The normalized spacial score (nSPS) is 19.3. The summed E-state index contributed by atoms with van der Waals surface area (Å²) < 4.78 is 16.5. The van der Waals surface area contributed by atoms with E-state index in [-0.39, 0.29) is 29.3 Å². The monoisotopic (exact) mass is 397 g/mol. The van der Waals surface area contributed by atoms with Crippen LogP contribution in [-0.2, 0) is 7.05 Å². The van der Waals surface area contributed by atoms with Crippen LogP contribution in [0.5, 0.6) is 0 Å². The quantitative estimate of drug-likeness (QED) is 0.525. The Bertz CT molecular complexity index is 1060. The first-order valence-corrected chi connectivity index (χ1v) is 9.63. The van der Waals surface area contributed by atoms with Crippen LogP contribution in [0.25, 0.3) is 11.0 Å². The number of halogens is 1. The molecule has 2 heterocycles. The second kappa shape index (κ2) is 7.67. The number of carbonyl (C=O) groups is 1. The molecule has 8 nitrogen and oxygen atoms in total. The van der Waals surface area contributed by atoms with Crippen LogP contribution in [-0.4, -0.2) is 32.5 Å². The zero-order valence-electron chi connectivity index (χ0n) is 16.2. The summed E-state index contributed by atoms with van der Waals surface area (Å²) in [6, 6.07) is 6.54. The van der Waals surface area contributed by atoms with E-state index in [0.29, 0.717) is 5.69 Å². The van der Waals surface area contributed by atoms with Gasteiger partial charge in [0.2, 0.25) is 0 Å². The predicted octanol–water partition coefficient (Wildman–Crippen LogP) is 2.63. The Kier molecular flexibility index (Phi) is 5.06. The van der Waals surface area contributed by atoms with Crippen molar-refractivity contribution in [1.82, 2.24) is 14.5 Å². The van der Waals surface area contributed by atoms with Gasteiger partial charge in [-0.05, 0) is 37.1 Å². The van der Waals surface area contributed by atoms with E-state index in [1.165, 1.54) is 0 Å². The highest BCUT2D eigenvalue weighted by Gasteiger charge is 2.24. The second-order valence-electron chi connectivity index (χ2n) is 7.46. The van der Waals surface area contributed by atoms with Gasteiger partial charge in [-0.25, -0.2) is 14.4 Å². The minimum atomic E-state index is -0.765. The largest absolute Gasteiger partial charge is 0.365 e. The first-order chi connectivity index (χ1) is 13.9. The number of anilines is 3. The molecule has 1 aliphatic rings. The molecule has 0 unspecified atom stereocenters. The molecule has 0 spiro atoms. The molecule has 152 valence electrons. The van der Waals surface area contributed by atoms with Gasteiger partial charge < -0.3 is 26.7 Å².